The molecule has 0 aromatic carbocycles. The lowest BCUT2D eigenvalue weighted by Crippen LogP contribution is -2.30. The van der Waals surface area contributed by atoms with Crippen LogP contribution in [-0.2, 0) is 65.4 Å². The first-order valence-electron chi connectivity index (χ1n) is 43.1. The lowest BCUT2D eigenvalue weighted by atomic mass is 10.0. The Kier molecular flexibility index (Phi) is 74.4. The van der Waals surface area contributed by atoms with Crippen LogP contribution >= 0.6 is 15.6 Å². The first-order chi connectivity index (χ1) is 49.5. The fraction of sp³-hybridized carbons (Fsp3) is 0.952. The van der Waals surface area contributed by atoms with E-state index in [-0.39, 0.29) is 25.7 Å². The fourth-order valence-corrected chi connectivity index (χ4v) is 14.5. The minimum absolute atomic E-state index is 0.108. The highest BCUT2D eigenvalue weighted by Gasteiger charge is 2.30. The maximum atomic E-state index is 13.1. The van der Waals surface area contributed by atoms with Gasteiger partial charge in [-0.15, -0.1) is 0 Å². The number of hydrogen-bond acceptors (Lipinski definition) is 15. The summed E-state index contributed by atoms with van der Waals surface area (Å²) in [6.07, 6.45) is 68.0. The van der Waals surface area contributed by atoms with Crippen molar-refractivity contribution in [2.45, 2.75) is 464 Å². The molecule has 0 radical (unpaired) electrons. The second kappa shape index (κ2) is 75.9. The number of carbonyl (C=O) groups is 4. The number of esters is 4. The topological polar surface area (TPSA) is 237 Å². The summed E-state index contributed by atoms with van der Waals surface area (Å²) in [7, 11) is -9.92. The number of carbonyl (C=O) groups excluding carboxylic acids is 4. The van der Waals surface area contributed by atoms with E-state index in [1.54, 1.807) is 0 Å². The monoisotopic (exact) mass is 1490 g/mol. The van der Waals surface area contributed by atoms with Crippen LogP contribution in [0, 0.1) is 5.92 Å². The predicted molar refractivity (Wildman–Crippen MR) is 418 cm³/mol. The summed E-state index contributed by atoms with van der Waals surface area (Å²) < 4.78 is 68.8. The maximum Gasteiger partial charge on any atom is 0.472 e. The van der Waals surface area contributed by atoms with Gasteiger partial charge in [0.25, 0.3) is 0 Å². The van der Waals surface area contributed by atoms with Crippen molar-refractivity contribution < 1.29 is 80.2 Å². The van der Waals surface area contributed by atoms with Crippen molar-refractivity contribution in [3.63, 3.8) is 0 Å². The standard InChI is InChI=1S/C83H162O17P2/c1-6-9-12-15-18-21-24-27-29-31-32-33-34-35-37-40-43-48-54-59-64-69-83(88)99-78(72-93-80(85)66-61-56-51-46-41-39-36-30-28-25-22-19-16-13-10-7-2)74-97-101(89,90)95-70-77(84)71-96-102(91,92)98-75-79(73-94-81(86)67-62-57-52-49-44-45-50-55-60-65-76(4)5)100-82(87)68-63-58-53-47-42-38-26-23-20-17-14-11-8-3/h76-79,84H,6-75H2,1-5H3,(H,89,90)(H,91,92)/t77-,78-,79-/m1/s1. The molecule has 0 bridgehead atoms. The van der Waals surface area contributed by atoms with Gasteiger partial charge in [0.15, 0.2) is 12.2 Å². The molecule has 3 N–H and O–H groups in total. The van der Waals surface area contributed by atoms with Crippen molar-refractivity contribution in [1.29, 1.82) is 0 Å². The van der Waals surface area contributed by atoms with Crippen molar-refractivity contribution in [2.24, 2.45) is 5.92 Å². The van der Waals surface area contributed by atoms with Gasteiger partial charge in [-0.1, -0.05) is 394 Å². The van der Waals surface area contributed by atoms with Crippen LogP contribution in [0.5, 0.6) is 0 Å². The zero-order valence-electron chi connectivity index (χ0n) is 66.8. The molecule has 17 nitrogen and oxygen atoms in total. The Balaban J connectivity index is 5.23. The highest BCUT2D eigenvalue weighted by molar-refractivity contribution is 7.47. The molecule has 0 fully saturated rings. The molecule has 0 saturated heterocycles. The SMILES string of the molecule is CCCCCCCCCCCCCCCCCCCCCCCC(=O)O[C@H](COC(=O)CCCCCCCCCCCCCCCCCC)COP(=O)(O)OC[C@@H](O)COP(=O)(O)OC[C@@H](COC(=O)CCCCCCCCCCCC(C)C)OC(=O)CCCCCCCCCCCCCCC. The van der Waals surface area contributed by atoms with Gasteiger partial charge in [0.2, 0.25) is 0 Å². The molecule has 2 unspecified atom stereocenters. The number of aliphatic hydroxyl groups is 1. The van der Waals surface area contributed by atoms with Gasteiger partial charge >= 0.3 is 39.5 Å². The van der Waals surface area contributed by atoms with E-state index >= 15 is 0 Å². The lowest BCUT2D eigenvalue weighted by Gasteiger charge is -2.21. The average molecular weight is 1490 g/mol. The Bertz CT molecular complexity index is 1940. The molecule has 102 heavy (non-hydrogen) atoms. The number of unbranched alkanes of at least 4 members (excludes halogenated alkanes) is 55. The minimum Gasteiger partial charge on any atom is -0.462 e. The third kappa shape index (κ3) is 76.3. The Morgan fingerprint density at radius 1 is 0.265 bits per heavy atom. The van der Waals surface area contributed by atoms with Crippen molar-refractivity contribution in [2.75, 3.05) is 39.6 Å². The van der Waals surface area contributed by atoms with Gasteiger partial charge in [0.05, 0.1) is 26.4 Å². The van der Waals surface area contributed by atoms with E-state index < -0.39 is 97.5 Å². The molecule has 0 aromatic heterocycles. The zero-order chi connectivity index (χ0) is 74.8. The van der Waals surface area contributed by atoms with Crippen LogP contribution in [0.2, 0.25) is 0 Å². The number of rotatable bonds is 83. The van der Waals surface area contributed by atoms with E-state index in [0.717, 1.165) is 95.8 Å². The van der Waals surface area contributed by atoms with E-state index in [1.807, 2.05) is 0 Å². The summed E-state index contributed by atoms with van der Waals surface area (Å²) in [5, 5.41) is 10.7. The van der Waals surface area contributed by atoms with E-state index in [0.29, 0.717) is 25.7 Å². The summed E-state index contributed by atoms with van der Waals surface area (Å²) in [5.41, 5.74) is 0. The molecule has 0 heterocycles. The largest absolute Gasteiger partial charge is 0.472 e. The Labute approximate surface area is 626 Å². The molecule has 0 aliphatic carbocycles. The average Bonchev–Trinajstić information content (AvgIpc) is 0.924. The Morgan fingerprint density at radius 2 is 0.451 bits per heavy atom. The molecule has 0 aliphatic heterocycles. The van der Waals surface area contributed by atoms with Gasteiger partial charge in [0.1, 0.15) is 19.3 Å². The molecule has 0 aromatic rings. The molecule has 19 heteroatoms. The van der Waals surface area contributed by atoms with Gasteiger partial charge in [-0.25, -0.2) is 9.13 Å². The first kappa shape index (κ1) is 100. The molecule has 606 valence electrons. The highest BCUT2D eigenvalue weighted by atomic mass is 31.2. The summed E-state index contributed by atoms with van der Waals surface area (Å²) >= 11 is 0. The molecule has 0 aliphatic rings. The van der Waals surface area contributed by atoms with Crippen LogP contribution in [-0.4, -0.2) is 96.7 Å². The molecular formula is C83H162O17P2. The zero-order valence-corrected chi connectivity index (χ0v) is 68.5. The molecule has 0 amide bonds. The van der Waals surface area contributed by atoms with Crippen LogP contribution in [0.25, 0.3) is 0 Å². The number of phosphoric ester groups is 2. The molecule has 0 saturated carbocycles. The third-order valence-corrected chi connectivity index (χ3v) is 21.4. The van der Waals surface area contributed by atoms with Crippen LogP contribution in [0.4, 0.5) is 0 Å². The van der Waals surface area contributed by atoms with Crippen LogP contribution < -0.4 is 0 Å². The second-order valence-electron chi connectivity index (χ2n) is 30.3. The van der Waals surface area contributed by atoms with Gasteiger partial charge in [-0.05, 0) is 31.6 Å². The van der Waals surface area contributed by atoms with Gasteiger partial charge in [0, 0.05) is 25.7 Å². The van der Waals surface area contributed by atoms with Crippen molar-refractivity contribution in [3.8, 4) is 0 Å². The minimum atomic E-state index is -4.96. The summed E-state index contributed by atoms with van der Waals surface area (Å²) in [4.78, 5) is 73.1. The number of hydrogen-bond donors (Lipinski definition) is 3. The predicted octanol–water partition coefficient (Wildman–Crippen LogP) is 25.2. The van der Waals surface area contributed by atoms with E-state index in [1.165, 1.54) is 270 Å². The number of phosphoric acid groups is 2. The lowest BCUT2D eigenvalue weighted by molar-refractivity contribution is -0.161. The second-order valence-corrected chi connectivity index (χ2v) is 33.3. The van der Waals surface area contributed by atoms with Crippen LogP contribution in [0.1, 0.15) is 446 Å². The van der Waals surface area contributed by atoms with Crippen LogP contribution in [0.3, 0.4) is 0 Å². The molecular weight excluding hydrogens is 1330 g/mol. The smallest absolute Gasteiger partial charge is 0.462 e. The van der Waals surface area contributed by atoms with Gasteiger partial charge in [-0.3, -0.25) is 37.3 Å². The third-order valence-electron chi connectivity index (χ3n) is 19.5. The quantitative estimate of drug-likeness (QED) is 0.0222. The molecule has 5 atom stereocenters. The van der Waals surface area contributed by atoms with Crippen molar-refractivity contribution in [3.05, 3.63) is 0 Å². The highest BCUT2D eigenvalue weighted by Crippen LogP contribution is 2.45. The maximum absolute atomic E-state index is 13.1. The Hall–Kier alpha value is -1.94. The normalized spacial score (nSPS) is 13.8. The van der Waals surface area contributed by atoms with Crippen molar-refractivity contribution >= 4 is 39.5 Å². The summed E-state index contributed by atoms with van der Waals surface area (Å²) in [6, 6.07) is 0. The van der Waals surface area contributed by atoms with E-state index in [4.69, 9.17) is 37.0 Å². The molecule has 0 rings (SSSR count). The first-order valence-corrected chi connectivity index (χ1v) is 46.1. The number of ether oxygens (including phenoxy) is 4. The van der Waals surface area contributed by atoms with Crippen LogP contribution in [0.15, 0.2) is 0 Å². The summed E-state index contributed by atoms with van der Waals surface area (Å²) in [6.45, 7) is 7.33. The van der Waals surface area contributed by atoms with E-state index in [2.05, 4.69) is 34.6 Å². The van der Waals surface area contributed by atoms with E-state index in [9.17, 15) is 43.2 Å². The van der Waals surface area contributed by atoms with Gasteiger partial charge < -0.3 is 33.8 Å². The summed E-state index contributed by atoms with van der Waals surface area (Å²) in [5.74, 6) is -1.36. The fourth-order valence-electron chi connectivity index (χ4n) is 12.9. The van der Waals surface area contributed by atoms with Crippen molar-refractivity contribution in [1.82, 2.24) is 0 Å². The van der Waals surface area contributed by atoms with Gasteiger partial charge in [-0.2, -0.15) is 0 Å². The number of aliphatic hydroxyl groups excluding tert-OH is 1. The Morgan fingerprint density at radius 3 is 0.667 bits per heavy atom. The molecule has 0 spiro atoms.